The zero-order chi connectivity index (χ0) is 16.4. The van der Waals surface area contributed by atoms with Crippen LogP contribution in [-0.4, -0.2) is 26.2 Å². The Balaban J connectivity index is 3.23. The van der Waals surface area contributed by atoms with E-state index in [2.05, 4.69) is 36.6 Å². The maximum Gasteiger partial charge on any atom is 0.243 e. The van der Waals surface area contributed by atoms with Crippen LogP contribution >= 0.6 is 31.9 Å². The molecule has 0 aliphatic carbocycles. The number of aliphatic hydroxyl groups is 1. The summed E-state index contributed by atoms with van der Waals surface area (Å²) in [6, 6.07) is 2.69. The van der Waals surface area contributed by atoms with E-state index in [0.29, 0.717) is 21.1 Å². The summed E-state index contributed by atoms with van der Waals surface area (Å²) in [6.45, 7) is 5.67. The van der Waals surface area contributed by atoms with E-state index in [9.17, 15) is 8.42 Å². The molecule has 1 aromatic rings. The molecule has 1 aromatic carbocycles. The monoisotopic (exact) mass is 442 g/mol. The van der Waals surface area contributed by atoms with Gasteiger partial charge in [0.05, 0.1) is 0 Å². The minimum Gasteiger partial charge on any atom is -0.399 e. The van der Waals surface area contributed by atoms with Crippen molar-refractivity contribution in [3.63, 3.8) is 0 Å². The van der Waals surface area contributed by atoms with Gasteiger partial charge in [-0.25, -0.2) is 13.1 Å². The number of nitrogens with one attached hydrogen (secondary N) is 1. The van der Waals surface area contributed by atoms with Crippen molar-refractivity contribution < 1.29 is 13.5 Å². The molecule has 0 saturated heterocycles. The van der Waals surface area contributed by atoms with E-state index in [1.807, 2.05) is 20.8 Å². The minimum absolute atomic E-state index is 0.0888. The smallest absolute Gasteiger partial charge is 0.243 e. The van der Waals surface area contributed by atoms with Gasteiger partial charge in [-0.2, -0.15) is 0 Å². The molecule has 0 aliphatic heterocycles. The third kappa shape index (κ3) is 4.92. The lowest BCUT2D eigenvalue weighted by atomic mass is 9.86. The molecule has 8 heteroatoms. The highest BCUT2D eigenvalue weighted by Crippen LogP contribution is 2.33. The Morgan fingerprint density at radius 2 is 1.76 bits per heavy atom. The van der Waals surface area contributed by atoms with Crippen molar-refractivity contribution >= 4 is 47.6 Å². The van der Waals surface area contributed by atoms with Gasteiger partial charge in [0.25, 0.3) is 0 Å². The maximum absolute atomic E-state index is 12.6. The van der Waals surface area contributed by atoms with E-state index in [0.717, 1.165) is 0 Å². The number of nitrogen functional groups attached to an aromatic ring is 1. The Morgan fingerprint density at radius 3 is 2.14 bits per heavy atom. The number of halogens is 2. The van der Waals surface area contributed by atoms with E-state index in [4.69, 9.17) is 10.8 Å². The molecule has 1 atom stereocenters. The van der Waals surface area contributed by atoms with Gasteiger partial charge in [-0.1, -0.05) is 20.8 Å². The number of benzene rings is 1. The summed E-state index contributed by atoms with van der Waals surface area (Å²) in [5.41, 5.74) is 5.82. The number of anilines is 1. The summed E-state index contributed by atoms with van der Waals surface area (Å²) in [6.07, 6.45) is 0.340. The van der Waals surface area contributed by atoms with Gasteiger partial charge in [-0.15, -0.1) is 0 Å². The fourth-order valence-corrected chi connectivity index (χ4v) is 5.98. The standard InChI is InChI=1S/C13H20Br2N2O3S/c1-13(2,3)11(4-5-18)17-21(19,20)12-9(14)6-8(16)7-10(12)15/h6-7,11,17-18H,4-5,16H2,1-3H3. The topological polar surface area (TPSA) is 92.4 Å². The molecule has 0 fully saturated rings. The summed E-state index contributed by atoms with van der Waals surface area (Å²) < 4.78 is 28.7. The minimum atomic E-state index is -3.75. The average molecular weight is 444 g/mol. The van der Waals surface area contributed by atoms with E-state index < -0.39 is 10.0 Å². The molecular weight excluding hydrogens is 424 g/mol. The van der Waals surface area contributed by atoms with Crippen LogP contribution in [0.1, 0.15) is 27.2 Å². The first-order valence-corrected chi connectivity index (χ1v) is 9.43. The van der Waals surface area contributed by atoms with Crippen molar-refractivity contribution in [2.24, 2.45) is 5.41 Å². The van der Waals surface area contributed by atoms with Crippen LogP contribution in [0.2, 0.25) is 0 Å². The van der Waals surface area contributed by atoms with E-state index >= 15 is 0 Å². The van der Waals surface area contributed by atoms with Crippen molar-refractivity contribution in [2.75, 3.05) is 12.3 Å². The van der Waals surface area contributed by atoms with Gasteiger partial charge in [0, 0.05) is 27.3 Å². The Labute approximate surface area is 142 Å². The second kappa shape index (κ2) is 6.95. The lowest BCUT2D eigenvalue weighted by Crippen LogP contribution is -2.44. The van der Waals surface area contributed by atoms with Gasteiger partial charge >= 0.3 is 0 Å². The van der Waals surface area contributed by atoms with Crippen molar-refractivity contribution in [3.05, 3.63) is 21.1 Å². The molecule has 0 amide bonds. The van der Waals surface area contributed by atoms with E-state index in [1.165, 1.54) is 12.1 Å². The molecule has 0 spiro atoms. The van der Waals surface area contributed by atoms with Crippen LogP contribution in [0.25, 0.3) is 0 Å². The number of hydrogen-bond acceptors (Lipinski definition) is 4. The summed E-state index contributed by atoms with van der Waals surface area (Å²) in [5, 5.41) is 9.14. The van der Waals surface area contributed by atoms with Gasteiger partial charge in [-0.05, 0) is 55.8 Å². The van der Waals surface area contributed by atoms with Gasteiger partial charge < -0.3 is 10.8 Å². The van der Waals surface area contributed by atoms with Crippen LogP contribution in [0, 0.1) is 5.41 Å². The SMILES string of the molecule is CC(C)(C)C(CCO)NS(=O)(=O)c1c(Br)cc(N)cc1Br. The molecule has 0 aromatic heterocycles. The molecule has 0 bridgehead atoms. The van der Waals surface area contributed by atoms with Crippen molar-refractivity contribution in [3.8, 4) is 0 Å². The second-order valence-electron chi connectivity index (χ2n) is 5.87. The van der Waals surface area contributed by atoms with Crippen molar-refractivity contribution in [1.29, 1.82) is 0 Å². The predicted molar refractivity (Wildman–Crippen MR) is 91.5 cm³/mol. The molecule has 1 rings (SSSR count). The summed E-state index contributed by atoms with van der Waals surface area (Å²) in [7, 11) is -3.75. The molecule has 5 nitrogen and oxygen atoms in total. The van der Waals surface area contributed by atoms with Gasteiger partial charge in [-0.3, -0.25) is 0 Å². The summed E-state index contributed by atoms with van der Waals surface area (Å²) >= 11 is 6.47. The summed E-state index contributed by atoms with van der Waals surface area (Å²) in [5.74, 6) is 0. The Hall–Kier alpha value is -0.150. The third-order valence-corrected chi connectivity index (χ3v) is 6.40. The first kappa shape index (κ1) is 18.9. The largest absolute Gasteiger partial charge is 0.399 e. The summed E-state index contributed by atoms with van der Waals surface area (Å²) in [4.78, 5) is 0.101. The van der Waals surface area contributed by atoms with Crippen LogP contribution in [0.15, 0.2) is 26.0 Å². The molecule has 120 valence electrons. The van der Waals surface area contributed by atoms with Crippen molar-refractivity contribution in [1.82, 2.24) is 4.72 Å². The quantitative estimate of drug-likeness (QED) is 0.610. The molecule has 21 heavy (non-hydrogen) atoms. The highest BCUT2D eigenvalue weighted by atomic mass is 79.9. The molecule has 0 aliphatic rings. The van der Waals surface area contributed by atoms with Crippen LogP contribution in [0.4, 0.5) is 5.69 Å². The maximum atomic E-state index is 12.6. The fourth-order valence-electron chi connectivity index (χ4n) is 1.88. The molecule has 1 unspecified atom stereocenters. The zero-order valence-electron chi connectivity index (χ0n) is 12.2. The Morgan fingerprint density at radius 1 is 1.29 bits per heavy atom. The first-order chi connectivity index (χ1) is 9.49. The fraction of sp³-hybridized carbons (Fsp3) is 0.538. The molecule has 0 radical (unpaired) electrons. The second-order valence-corrected chi connectivity index (χ2v) is 9.23. The normalized spacial score (nSPS) is 14.2. The van der Waals surface area contributed by atoms with Gasteiger partial charge in [0.15, 0.2) is 0 Å². The Kier molecular flexibility index (Phi) is 6.26. The van der Waals surface area contributed by atoms with Crippen LogP contribution in [0.5, 0.6) is 0 Å². The lowest BCUT2D eigenvalue weighted by molar-refractivity contribution is 0.214. The Bertz CT molecular complexity index is 589. The average Bonchev–Trinajstić information content (AvgIpc) is 2.24. The molecule has 0 saturated carbocycles. The number of aliphatic hydroxyl groups excluding tert-OH is 1. The van der Waals surface area contributed by atoms with Gasteiger partial charge in [0.2, 0.25) is 10.0 Å². The third-order valence-electron chi connectivity index (χ3n) is 3.05. The first-order valence-electron chi connectivity index (χ1n) is 6.36. The van der Waals surface area contributed by atoms with Crippen LogP contribution in [0.3, 0.4) is 0 Å². The zero-order valence-corrected chi connectivity index (χ0v) is 16.1. The molecule has 4 N–H and O–H groups in total. The van der Waals surface area contributed by atoms with Gasteiger partial charge in [0.1, 0.15) is 4.90 Å². The predicted octanol–water partition coefficient (Wildman–Crippen LogP) is 2.87. The van der Waals surface area contributed by atoms with Crippen LogP contribution < -0.4 is 10.5 Å². The molecular formula is C13H20Br2N2O3S. The number of rotatable bonds is 5. The molecule has 0 heterocycles. The number of nitrogens with two attached hydrogens (primary N) is 1. The number of hydrogen-bond donors (Lipinski definition) is 3. The highest BCUT2D eigenvalue weighted by Gasteiger charge is 2.31. The number of sulfonamides is 1. The van der Waals surface area contributed by atoms with Crippen molar-refractivity contribution in [2.45, 2.75) is 38.1 Å². The highest BCUT2D eigenvalue weighted by molar-refractivity contribution is 9.11. The lowest BCUT2D eigenvalue weighted by Gasteiger charge is -2.31. The van der Waals surface area contributed by atoms with E-state index in [-0.39, 0.29) is 23.0 Å². The van der Waals surface area contributed by atoms with E-state index in [1.54, 1.807) is 0 Å². The van der Waals surface area contributed by atoms with Crippen LogP contribution in [-0.2, 0) is 10.0 Å².